The summed E-state index contributed by atoms with van der Waals surface area (Å²) in [6.07, 6.45) is 12.3. The number of amides is 1. The molecule has 0 bridgehead atoms. The molecule has 0 aromatic carbocycles. The molecule has 0 fully saturated rings. The van der Waals surface area contributed by atoms with Crippen molar-refractivity contribution in [2.24, 2.45) is 5.92 Å². The summed E-state index contributed by atoms with van der Waals surface area (Å²) in [7, 11) is 0. The van der Waals surface area contributed by atoms with E-state index in [9.17, 15) is 4.79 Å². The zero-order chi connectivity index (χ0) is 23.8. The van der Waals surface area contributed by atoms with Crippen LogP contribution in [0.15, 0.2) is 59.4 Å². The van der Waals surface area contributed by atoms with E-state index in [0.717, 1.165) is 54.9 Å². The molecular weight excluding hydrogens is 400 g/mol. The highest BCUT2D eigenvalue weighted by atomic mass is 32.2. The maximum atomic E-state index is 10.9. The zero-order valence-electron chi connectivity index (χ0n) is 21.0. The molecule has 0 aromatic heterocycles. The van der Waals surface area contributed by atoms with Gasteiger partial charge in [0.05, 0.1) is 12.1 Å². The molecule has 0 aromatic rings. The summed E-state index contributed by atoms with van der Waals surface area (Å²) in [5.74, 6) is 2.19. The van der Waals surface area contributed by atoms with Crippen molar-refractivity contribution in [3.63, 3.8) is 0 Å². The lowest BCUT2D eigenvalue weighted by atomic mass is 10.0. The Kier molecular flexibility index (Phi) is 16.0. The van der Waals surface area contributed by atoms with Crippen LogP contribution in [0.3, 0.4) is 0 Å². The fourth-order valence-electron chi connectivity index (χ4n) is 3.12. The van der Waals surface area contributed by atoms with Crippen LogP contribution in [0.4, 0.5) is 0 Å². The van der Waals surface area contributed by atoms with Gasteiger partial charge in [0.25, 0.3) is 0 Å². The van der Waals surface area contributed by atoms with Gasteiger partial charge in [-0.25, -0.2) is 0 Å². The molecule has 0 spiro atoms. The quantitative estimate of drug-likeness (QED) is 0.144. The number of nitrogens with one attached hydrogen (secondary N) is 2. The minimum absolute atomic E-state index is 0.0787. The van der Waals surface area contributed by atoms with E-state index in [2.05, 4.69) is 83.6 Å². The average molecular weight is 447 g/mol. The second-order valence-electron chi connectivity index (χ2n) is 9.07. The van der Waals surface area contributed by atoms with Crippen LogP contribution < -0.4 is 10.6 Å². The van der Waals surface area contributed by atoms with Gasteiger partial charge in [-0.1, -0.05) is 67.5 Å². The highest BCUT2D eigenvalue weighted by Crippen LogP contribution is 2.16. The Labute approximate surface area is 196 Å². The third kappa shape index (κ3) is 14.9. The predicted octanol–water partition coefficient (Wildman–Crippen LogP) is 6.96. The first-order valence-corrected chi connectivity index (χ1v) is 12.6. The zero-order valence-corrected chi connectivity index (χ0v) is 21.8. The minimum atomic E-state index is -0.0787. The van der Waals surface area contributed by atoms with Crippen molar-refractivity contribution in [3.05, 3.63) is 59.4 Å². The molecule has 0 heterocycles. The normalized spacial score (nSPS) is 14.1. The number of carbonyl (C=O) groups excluding carboxylic acids is 1. The maximum Gasteiger partial charge on any atom is 0.207 e. The van der Waals surface area contributed by atoms with Crippen LogP contribution in [0.5, 0.6) is 0 Å². The Morgan fingerprint density at radius 2 is 1.52 bits per heavy atom. The van der Waals surface area contributed by atoms with E-state index < -0.39 is 0 Å². The SMILES string of the molecule is C=C(C)C(CSC/C=C(\C)CC/C=C(\C)CCC=C(C)C)NC(=C)C(NC=O)C(C)C. The van der Waals surface area contributed by atoms with Crippen molar-refractivity contribution < 1.29 is 4.79 Å². The summed E-state index contributed by atoms with van der Waals surface area (Å²) in [5.41, 5.74) is 6.25. The summed E-state index contributed by atoms with van der Waals surface area (Å²) in [4.78, 5) is 10.9. The van der Waals surface area contributed by atoms with Crippen LogP contribution in [0.1, 0.15) is 74.1 Å². The second-order valence-corrected chi connectivity index (χ2v) is 10.1. The fraction of sp³-hybridized carbons (Fsp3) is 0.593. The summed E-state index contributed by atoms with van der Waals surface area (Å²) in [6, 6.07) is 0.0670. The third-order valence-corrected chi connectivity index (χ3v) is 6.17. The van der Waals surface area contributed by atoms with Crippen molar-refractivity contribution in [2.75, 3.05) is 11.5 Å². The number of rotatable bonds is 17. The molecule has 176 valence electrons. The van der Waals surface area contributed by atoms with Crippen LogP contribution in [-0.2, 0) is 4.79 Å². The average Bonchev–Trinajstić information content (AvgIpc) is 2.67. The number of hydrogen-bond acceptors (Lipinski definition) is 3. The molecule has 4 heteroatoms. The molecule has 0 rings (SSSR count). The molecule has 1 amide bonds. The number of allylic oxidation sites excluding steroid dienone is 5. The summed E-state index contributed by atoms with van der Waals surface area (Å²) >= 11 is 1.89. The lowest BCUT2D eigenvalue weighted by Crippen LogP contribution is -2.43. The van der Waals surface area contributed by atoms with Crippen molar-refractivity contribution in [3.8, 4) is 0 Å². The summed E-state index contributed by atoms with van der Waals surface area (Å²) in [5, 5.41) is 6.33. The highest BCUT2D eigenvalue weighted by molar-refractivity contribution is 7.99. The van der Waals surface area contributed by atoms with Crippen LogP contribution >= 0.6 is 11.8 Å². The topological polar surface area (TPSA) is 41.1 Å². The van der Waals surface area contributed by atoms with Crippen molar-refractivity contribution in [2.45, 2.75) is 86.2 Å². The Morgan fingerprint density at radius 1 is 0.935 bits per heavy atom. The Hall–Kier alpha value is -1.68. The lowest BCUT2D eigenvalue weighted by Gasteiger charge is -2.28. The van der Waals surface area contributed by atoms with Gasteiger partial charge >= 0.3 is 0 Å². The molecule has 0 saturated carbocycles. The van der Waals surface area contributed by atoms with Gasteiger partial charge in [0, 0.05) is 17.2 Å². The van der Waals surface area contributed by atoms with Crippen LogP contribution in [0.25, 0.3) is 0 Å². The number of thioether (sulfide) groups is 1. The van der Waals surface area contributed by atoms with E-state index in [0.29, 0.717) is 0 Å². The Morgan fingerprint density at radius 3 is 2.03 bits per heavy atom. The lowest BCUT2D eigenvalue weighted by molar-refractivity contribution is -0.110. The van der Waals surface area contributed by atoms with E-state index >= 15 is 0 Å². The Bertz CT molecular complexity index is 654. The molecule has 3 nitrogen and oxygen atoms in total. The number of carbonyl (C=O) groups is 1. The fourth-order valence-corrected chi connectivity index (χ4v) is 4.26. The second kappa shape index (κ2) is 16.9. The third-order valence-electron chi connectivity index (χ3n) is 5.20. The predicted molar refractivity (Wildman–Crippen MR) is 141 cm³/mol. The first-order valence-electron chi connectivity index (χ1n) is 11.4. The molecular formula is C27H46N2OS. The molecule has 0 aliphatic carbocycles. The van der Waals surface area contributed by atoms with Gasteiger partial charge in [0.15, 0.2) is 0 Å². The van der Waals surface area contributed by atoms with E-state index in [1.165, 1.54) is 16.7 Å². The molecule has 0 radical (unpaired) electrons. The molecule has 2 N–H and O–H groups in total. The van der Waals surface area contributed by atoms with Crippen molar-refractivity contribution in [1.82, 2.24) is 10.6 Å². The summed E-state index contributed by atoms with van der Waals surface area (Å²) in [6.45, 7) is 23.2. The van der Waals surface area contributed by atoms with Gasteiger partial charge in [-0.15, -0.1) is 0 Å². The van der Waals surface area contributed by atoms with Gasteiger partial charge in [0.2, 0.25) is 6.41 Å². The van der Waals surface area contributed by atoms with E-state index in [1.807, 2.05) is 18.7 Å². The van der Waals surface area contributed by atoms with Gasteiger partial charge < -0.3 is 10.6 Å². The standard InChI is InChI=1S/C27H46N2OS/c1-20(2)12-10-13-23(7)14-11-15-24(8)16-17-31-18-26(21(3)4)29-25(9)27(22(5)6)28-19-30/h12,14,16,19,22,26-27,29H,3,9-11,13,15,17-18H2,1-2,4-8H3,(H,28,30)/b23-14+,24-16+. The van der Waals surface area contributed by atoms with Gasteiger partial charge in [0.1, 0.15) is 0 Å². The smallest absolute Gasteiger partial charge is 0.207 e. The maximum absolute atomic E-state index is 10.9. The molecule has 2 atom stereocenters. The molecule has 0 aliphatic heterocycles. The van der Waals surface area contributed by atoms with Crippen LogP contribution in [0, 0.1) is 5.92 Å². The molecule has 31 heavy (non-hydrogen) atoms. The monoisotopic (exact) mass is 446 g/mol. The van der Waals surface area contributed by atoms with Crippen molar-refractivity contribution in [1.29, 1.82) is 0 Å². The van der Waals surface area contributed by atoms with E-state index in [4.69, 9.17) is 0 Å². The van der Waals surface area contributed by atoms with E-state index in [-0.39, 0.29) is 18.0 Å². The highest BCUT2D eigenvalue weighted by Gasteiger charge is 2.19. The minimum Gasteiger partial charge on any atom is -0.380 e. The van der Waals surface area contributed by atoms with Crippen LogP contribution in [0.2, 0.25) is 0 Å². The molecule has 0 aliphatic rings. The number of hydrogen-bond donors (Lipinski definition) is 2. The van der Waals surface area contributed by atoms with Gasteiger partial charge in [-0.3, -0.25) is 4.79 Å². The van der Waals surface area contributed by atoms with Crippen molar-refractivity contribution >= 4 is 18.2 Å². The van der Waals surface area contributed by atoms with Gasteiger partial charge in [-0.2, -0.15) is 11.8 Å². The first-order chi connectivity index (χ1) is 14.6. The van der Waals surface area contributed by atoms with Crippen LogP contribution in [-0.4, -0.2) is 30.0 Å². The first kappa shape index (κ1) is 29.3. The Balaban J connectivity index is 4.43. The van der Waals surface area contributed by atoms with E-state index in [1.54, 1.807) is 0 Å². The van der Waals surface area contributed by atoms with Gasteiger partial charge in [-0.05, 0) is 66.2 Å². The summed E-state index contributed by atoms with van der Waals surface area (Å²) < 4.78 is 0. The largest absolute Gasteiger partial charge is 0.380 e. The molecule has 2 unspecified atom stereocenters. The molecule has 0 saturated heterocycles.